The van der Waals surface area contributed by atoms with Crippen molar-refractivity contribution in [2.75, 3.05) is 13.7 Å². The quantitative estimate of drug-likeness (QED) is 0.768. The third-order valence-electron chi connectivity index (χ3n) is 2.71. The van der Waals surface area contributed by atoms with Gasteiger partial charge in [-0.15, -0.1) is 0 Å². The first-order chi connectivity index (χ1) is 9.56. The Morgan fingerprint density at radius 2 is 2.30 bits per heavy atom. The van der Waals surface area contributed by atoms with E-state index in [2.05, 4.69) is 21.0 Å². The van der Waals surface area contributed by atoms with Crippen LogP contribution >= 0.6 is 27.5 Å². The van der Waals surface area contributed by atoms with Gasteiger partial charge in [-0.2, -0.15) is 5.10 Å². The van der Waals surface area contributed by atoms with E-state index >= 15 is 0 Å². The van der Waals surface area contributed by atoms with E-state index in [1.807, 2.05) is 0 Å². The summed E-state index contributed by atoms with van der Waals surface area (Å²) in [6, 6.07) is 4.52. The largest absolute Gasteiger partial charge is 0.383 e. The van der Waals surface area contributed by atoms with Crippen LogP contribution in [0.2, 0.25) is 5.02 Å². The second-order valence-corrected chi connectivity index (χ2v) is 5.25. The monoisotopic (exact) mass is 360 g/mol. The van der Waals surface area contributed by atoms with Gasteiger partial charge in [0.1, 0.15) is 11.5 Å². The van der Waals surface area contributed by atoms with Gasteiger partial charge < -0.3 is 4.74 Å². The fourth-order valence-corrected chi connectivity index (χ4v) is 2.34. The molecule has 4 nitrogen and oxygen atoms in total. The SMILES string of the molecule is COCCn1ncc(Cl)c1C(=O)c1cccc(Br)c1F. The molecule has 2 rings (SSSR count). The highest BCUT2D eigenvalue weighted by Crippen LogP contribution is 2.24. The third-order valence-corrected chi connectivity index (χ3v) is 3.60. The fourth-order valence-electron chi connectivity index (χ4n) is 1.74. The molecular formula is C13H11BrClFN2O2. The van der Waals surface area contributed by atoms with E-state index in [4.69, 9.17) is 16.3 Å². The molecule has 2 aromatic rings. The van der Waals surface area contributed by atoms with Crippen molar-refractivity contribution >= 4 is 33.3 Å². The minimum Gasteiger partial charge on any atom is -0.383 e. The number of aromatic nitrogens is 2. The van der Waals surface area contributed by atoms with E-state index in [1.165, 1.54) is 23.0 Å². The van der Waals surface area contributed by atoms with Crippen LogP contribution in [0.5, 0.6) is 0 Å². The van der Waals surface area contributed by atoms with E-state index in [0.29, 0.717) is 13.2 Å². The fraction of sp³-hybridized carbons (Fsp3) is 0.231. The number of ether oxygens (including phenoxy) is 1. The van der Waals surface area contributed by atoms with Crippen molar-refractivity contribution in [1.82, 2.24) is 9.78 Å². The number of nitrogens with zero attached hydrogens (tertiary/aromatic N) is 2. The third kappa shape index (κ3) is 2.92. The van der Waals surface area contributed by atoms with Crippen LogP contribution in [0.3, 0.4) is 0 Å². The standard InChI is InChI=1S/C13H11BrClFN2O2/c1-20-6-5-18-12(10(15)7-17-18)13(19)8-3-2-4-9(14)11(8)16/h2-4,7H,5-6H2,1H3. The van der Waals surface area contributed by atoms with Crippen LogP contribution in [0.15, 0.2) is 28.9 Å². The van der Waals surface area contributed by atoms with Gasteiger partial charge in [-0.05, 0) is 28.1 Å². The zero-order chi connectivity index (χ0) is 14.7. The van der Waals surface area contributed by atoms with Crippen LogP contribution < -0.4 is 0 Å². The number of benzene rings is 1. The second kappa shape index (κ2) is 6.47. The van der Waals surface area contributed by atoms with E-state index in [1.54, 1.807) is 13.2 Å². The molecule has 0 fully saturated rings. The first-order valence-electron chi connectivity index (χ1n) is 5.75. The van der Waals surface area contributed by atoms with Gasteiger partial charge in [-0.3, -0.25) is 9.48 Å². The van der Waals surface area contributed by atoms with Gasteiger partial charge in [-0.1, -0.05) is 17.7 Å². The first kappa shape index (κ1) is 15.2. The highest BCUT2D eigenvalue weighted by Gasteiger charge is 2.22. The molecule has 0 saturated heterocycles. The zero-order valence-electron chi connectivity index (χ0n) is 10.6. The van der Waals surface area contributed by atoms with Gasteiger partial charge in [0.25, 0.3) is 0 Å². The van der Waals surface area contributed by atoms with Crippen LogP contribution in [0.4, 0.5) is 4.39 Å². The van der Waals surface area contributed by atoms with Crippen LogP contribution in [0, 0.1) is 5.82 Å². The summed E-state index contributed by atoms with van der Waals surface area (Å²) in [5, 5.41) is 4.19. The Hall–Kier alpha value is -1.24. The maximum absolute atomic E-state index is 14.0. The van der Waals surface area contributed by atoms with Crippen molar-refractivity contribution < 1.29 is 13.9 Å². The predicted octanol–water partition coefficient (Wildman–Crippen LogP) is 3.32. The molecule has 20 heavy (non-hydrogen) atoms. The molecule has 0 radical (unpaired) electrons. The van der Waals surface area contributed by atoms with Crippen molar-refractivity contribution in [3.63, 3.8) is 0 Å². The van der Waals surface area contributed by atoms with Crippen molar-refractivity contribution in [3.8, 4) is 0 Å². The Morgan fingerprint density at radius 1 is 1.55 bits per heavy atom. The van der Waals surface area contributed by atoms with Crippen molar-refractivity contribution in [1.29, 1.82) is 0 Å². The van der Waals surface area contributed by atoms with Gasteiger partial charge in [0.2, 0.25) is 5.78 Å². The summed E-state index contributed by atoms with van der Waals surface area (Å²) in [6.07, 6.45) is 1.36. The molecule has 106 valence electrons. The van der Waals surface area contributed by atoms with Crippen molar-refractivity contribution in [2.45, 2.75) is 6.54 Å². The Morgan fingerprint density at radius 3 is 3.00 bits per heavy atom. The number of hydrogen-bond donors (Lipinski definition) is 0. The first-order valence-corrected chi connectivity index (χ1v) is 6.92. The molecule has 0 N–H and O–H groups in total. The molecule has 0 saturated carbocycles. The lowest BCUT2D eigenvalue weighted by molar-refractivity contribution is 0.102. The molecule has 1 aromatic carbocycles. The summed E-state index contributed by atoms with van der Waals surface area (Å²) in [5.74, 6) is -1.13. The Kier molecular flexibility index (Phi) is 4.91. The molecule has 0 unspecified atom stereocenters. The Labute approximate surface area is 128 Å². The number of halogens is 3. The summed E-state index contributed by atoms with van der Waals surface area (Å²) >= 11 is 9.04. The lowest BCUT2D eigenvalue weighted by Crippen LogP contribution is -2.15. The molecule has 0 aliphatic carbocycles. The number of ketones is 1. The van der Waals surface area contributed by atoms with Crippen LogP contribution in [0.1, 0.15) is 16.1 Å². The number of hydrogen-bond acceptors (Lipinski definition) is 3. The molecule has 0 aliphatic heterocycles. The zero-order valence-corrected chi connectivity index (χ0v) is 12.9. The predicted molar refractivity (Wildman–Crippen MR) is 76.6 cm³/mol. The Balaban J connectivity index is 2.43. The molecule has 0 atom stereocenters. The molecule has 1 aromatic heterocycles. The average Bonchev–Trinajstić information content (AvgIpc) is 2.80. The molecule has 0 amide bonds. The lowest BCUT2D eigenvalue weighted by atomic mass is 10.1. The van der Waals surface area contributed by atoms with Crippen molar-refractivity contribution in [2.24, 2.45) is 0 Å². The summed E-state index contributed by atoms with van der Waals surface area (Å²) < 4.78 is 20.6. The van der Waals surface area contributed by atoms with E-state index in [0.717, 1.165) is 0 Å². The summed E-state index contributed by atoms with van der Waals surface area (Å²) in [5.41, 5.74) is 0.0983. The van der Waals surface area contributed by atoms with Crippen LogP contribution in [-0.2, 0) is 11.3 Å². The second-order valence-electron chi connectivity index (χ2n) is 3.99. The molecule has 0 spiro atoms. The summed E-state index contributed by atoms with van der Waals surface area (Å²) in [4.78, 5) is 12.4. The normalized spacial score (nSPS) is 10.8. The topological polar surface area (TPSA) is 44.1 Å². The molecular weight excluding hydrogens is 351 g/mol. The van der Waals surface area contributed by atoms with Gasteiger partial charge in [0.05, 0.1) is 34.4 Å². The van der Waals surface area contributed by atoms with Gasteiger partial charge in [-0.25, -0.2) is 4.39 Å². The average molecular weight is 362 g/mol. The summed E-state index contributed by atoms with van der Waals surface area (Å²) in [7, 11) is 1.54. The maximum atomic E-state index is 14.0. The summed E-state index contributed by atoms with van der Waals surface area (Å²) in [6.45, 7) is 0.735. The molecule has 7 heteroatoms. The van der Waals surface area contributed by atoms with E-state index in [9.17, 15) is 9.18 Å². The molecule has 0 aliphatic rings. The van der Waals surface area contributed by atoms with E-state index < -0.39 is 11.6 Å². The lowest BCUT2D eigenvalue weighted by Gasteiger charge is -2.08. The van der Waals surface area contributed by atoms with Gasteiger partial charge >= 0.3 is 0 Å². The smallest absolute Gasteiger partial charge is 0.215 e. The number of rotatable bonds is 5. The van der Waals surface area contributed by atoms with Gasteiger partial charge in [0, 0.05) is 7.11 Å². The molecule has 0 bridgehead atoms. The highest BCUT2D eigenvalue weighted by molar-refractivity contribution is 9.10. The minimum absolute atomic E-state index is 0.0551. The minimum atomic E-state index is -0.618. The van der Waals surface area contributed by atoms with Crippen LogP contribution in [0.25, 0.3) is 0 Å². The Bertz CT molecular complexity index is 645. The van der Waals surface area contributed by atoms with Crippen LogP contribution in [-0.4, -0.2) is 29.3 Å². The number of methoxy groups -OCH3 is 1. The maximum Gasteiger partial charge on any atom is 0.215 e. The molecule has 1 heterocycles. The highest BCUT2D eigenvalue weighted by atomic mass is 79.9. The van der Waals surface area contributed by atoms with Gasteiger partial charge in [0.15, 0.2) is 0 Å². The van der Waals surface area contributed by atoms with E-state index in [-0.39, 0.29) is 20.8 Å². The number of carbonyl (C=O) groups is 1. The van der Waals surface area contributed by atoms with Crippen molar-refractivity contribution in [3.05, 3.63) is 51.0 Å². The number of carbonyl (C=O) groups excluding carboxylic acids is 1.